The van der Waals surface area contributed by atoms with E-state index in [1.165, 1.54) is 31.4 Å². The first-order chi connectivity index (χ1) is 19.4. The third-order valence-corrected chi connectivity index (χ3v) is 6.53. The van der Waals surface area contributed by atoms with Gasteiger partial charge in [-0.1, -0.05) is 19.4 Å². The summed E-state index contributed by atoms with van der Waals surface area (Å²) in [6.07, 6.45) is -5.73. The van der Waals surface area contributed by atoms with Crippen LogP contribution in [-0.4, -0.2) is 35.9 Å². The van der Waals surface area contributed by atoms with E-state index >= 15 is 0 Å². The van der Waals surface area contributed by atoms with Gasteiger partial charge in [0.05, 0.1) is 24.2 Å². The Balaban J connectivity index is 0.00000484. The normalized spacial score (nSPS) is 12.0. The summed E-state index contributed by atoms with van der Waals surface area (Å²) >= 11 is 0. The number of hydrogen-bond acceptors (Lipinski definition) is 6. The number of fused-ring (bicyclic) bond motifs is 1. The summed E-state index contributed by atoms with van der Waals surface area (Å²) in [6.45, 7) is 3.39. The van der Waals surface area contributed by atoms with Crippen LogP contribution in [0.4, 0.5) is 17.6 Å². The molecule has 0 N–H and O–H groups in total. The van der Waals surface area contributed by atoms with Crippen molar-refractivity contribution in [1.29, 1.82) is 0 Å². The first kappa shape index (κ1) is 33.0. The Morgan fingerprint density at radius 3 is 2.26 bits per heavy atom. The fourth-order valence-electron chi connectivity index (χ4n) is 4.59. The van der Waals surface area contributed by atoms with Crippen molar-refractivity contribution in [2.75, 3.05) is 7.11 Å². The Labute approximate surface area is 261 Å². The number of carboxylic acids is 1. The zero-order chi connectivity index (χ0) is 29.9. The van der Waals surface area contributed by atoms with Crippen LogP contribution in [0.15, 0.2) is 60.7 Å². The predicted octanol–water partition coefficient (Wildman–Crippen LogP) is 2.58. The quantitative estimate of drug-likeness (QED) is 0.151. The zero-order valence-corrected chi connectivity index (χ0v) is 25.4. The van der Waals surface area contributed by atoms with E-state index in [2.05, 4.69) is 4.74 Å². The van der Waals surface area contributed by atoms with Crippen LogP contribution in [0.3, 0.4) is 0 Å². The fourth-order valence-corrected chi connectivity index (χ4v) is 4.59. The molecule has 0 spiro atoms. The van der Waals surface area contributed by atoms with E-state index in [0.29, 0.717) is 34.4 Å². The van der Waals surface area contributed by atoms with Crippen LogP contribution in [0.25, 0.3) is 10.9 Å². The Morgan fingerprint density at radius 1 is 1.00 bits per heavy atom. The molecule has 0 saturated heterocycles. The summed E-state index contributed by atoms with van der Waals surface area (Å²) in [5, 5.41) is 11.8. The molecular weight excluding hydrogens is 569 g/mol. The average molecular weight is 596 g/mol. The van der Waals surface area contributed by atoms with Crippen molar-refractivity contribution in [2.45, 2.75) is 45.7 Å². The van der Waals surface area contributed by atoms with Gasteiger partial charge in [-0.05, 0) is 67.4 Å². The van der Waals surface area contributed by atoms with E-state index in [9.17, 15) is 32.3 Å². The molecule has 0 amide bonds. The third-order valence-electron chi connectivity index (χ3n) is 6.53. The third kappa shape index (κ3) is 7.45. The number of alkyl halides is 3. The molecule has 3 aromatic carbocycles. The van der Waals surface area contributed by atoms with Crippen LogP contribution >= 0.6 is 0 Å². The van der Waals surface area contributed by atoms with Crippen LogP contribution in [0.2, 0.25) is 0 Å². The molecule has 216 valence electrons. The summed E-state index contributed by atoms with van der Waals surface area (Å²) in [4.78, 5) is 25.0. The molecule has 0 aliphatic rings. The number of carbonyl (C=O) groups is 2. The van der Waals surface area contributed by atoms with Gasteiger partial charge in [-0.15, -0.1) is 13.2 Å². The van der Waals surface area contributed by atoms with Gasteiger partial charge in [-0.25, -0.2) is 4.39 Å². The monoisotopic (exact) mass is 595 g/mol. The molecule has 0 saturated carbocycles. The standard InChI is InChI=1S/C30H27F4NO6.Na/c1-4-5-25(29(37)38)40-26-14-18(6-13-23(26)31)16-35-17(2)27(28(36)19-7-9-20(39-3)10-8-19)22-12-11-21(15-24(22)35)41-30(32,33)34;/h6-15,25H,4-5,16H2,1-3H3,(H,37,38);/q;+1/p-1. The minimum absolute atomic E-state index is 0. The minimum Gasteiger partial charge on any atom is -0.546 e. The summed E-state index contributed by atoms with van der Waals surface area (Å²) in [7, 11) is 1.49. The molecule has 4 aromatic rings. The maximum atomic E-state index is 14.5. The molecule has 1 unspecified atom stereocenters. The van der Waals surface area contributed by atoms with Crippen molar-refractivity contribution in [2.24, 2.45) is 0 Å². The van der Waals surface area contributed by atoms with Gasteiger partial charge in [0.15, 0.2) is 17.3 Å². The maximum absolute atomic E-state index is 14.5. The molecule has 1 atom stereocenters. The Bertz CT molecular complexity index is 1580. The second-order valence-electron chi connectivity index (χ2n) is 9.31. The number of benzene rings is 3. The van der Waals surface area contributed by atoms with E-state index in [1.807, 2.05) is 0 Å². The van der Waals surface area contributed by atoms with Crippen molar-refractivity contribution < 1.29 is 76.0 Å². The number of nitrogens with zero attached hydrogens (tertiary/aromatic N) is 1. The molecule has 1 aromatic heterocycles. The van der Waals surface area contributed by atoms with E-state index < -0.39 is 30.0 Å². The van der Waals surface area contributed by atoms with Crippen LogP contribution in [-0.2, 0) is 11.3 Å². The van der Waals surface area contributed by atoms with E-state index in [1.54, 1.807) is 42.7 Å². The molecule has 1 heterocycles. The molecule has 42 heavy (non-hydrogen) atoms. The first-order valence-corrected chi connectivity index (χ1v) is 12.6. The number of carbonyl (C=O) groups excluding carboxylic acids is 2. The number of carboxylic acid groups (broad SMARTS) is 1. The van der Waals surface area contributed by atoms with E-state index in [-0.39, 0.29) is 65.1 Å². The summed E-state index contributed by atoms with van der Waals surface area (Å²) in [6, 6.07) is 13.9. The number of hydrogen-bond donors (Lipinski definition) is 0. The average Bonchev–Trinajstić information content (AvgIpc) is 3.19. The van der Waals surface area contributed by atoms with Gasteiger partial charge in [0.25, 0.3) is 0 Å². The van der Waals surface area contributed by atoms with Crippen LogP contribution in [0, 0.1) is 12.7 Å². The number of methoxy groups -OCH3 is 1. The number of ether oxygens (including phenoxy) is 3. The Hall–Kier alpha value is -3.54. The molecule has 0 bridgehead atoms. The molecule has 0 aliphatic heterocycles. The van der Waals surface area contributed by atoms with Crippen LogP contribution < -0.4 is 48.9 Å². The van der Waals surface area contributed by atoms with Gasteiger partial charge < -0.3 is 28.7 Å². The minimum atomic E-state index is -4.93. The molecular formula is C30H26F4NNaO6. The second kappa shape index (κ2) is 13.6. The van der Waals surface area contributed by atoms with Gasteiger partial charge in [0.1, 0.15) is 17.6 Å². The molecule has 7 nitrogen and oxygen atoms in total. The topological polar surface area (TPSA) is 89.8 Å². The smallest absolute Gasteiger partial charge is 0.546 e. The number of aliphatic carboxylic acids is 1. The molecule has 0 radical (unpaired) electrons. The van der Waals surface area contributed by atoms with Crippen LogP contribution in [0.5, 0.6) is 17.2 Å². The van der Waals surface area contributed by atoms with Gasteiger partial charge in [-0.2, -0.15) is 0 Å². The number of ketones is 1. The van der Waals surface area contributed by atoms with Gasteiger partial charge >= 0.3 is 35.9 Å². The van der Waals surface area contributed by atoms with Crippen molar-refractivity contribution in [3.8, 4) is 17.2 Å². The molecule has 4 rings (SSSR count). The zero-order valence-electron chi connectivity index (χ0n) is 23.4. The summed E-state index contributed by atoms with van der Waals surface area (Å²) in [5.74, 6) is -2.88. The van der Waals surface area contributed by atoms with Gasteiger partial charge in [-0.3, -0.25) is 4.79 Å². The Kier molecular flexibility index (Phi) is 10.7. The second-order valence-corrected chi connectivity index (χ2v) is 9.31. The number of halogens is 4. The van der Waals surface area contributed by atoms with Crippen LogP contribution in [0.1, 0.15) is 46.9 Å². The maximum Gasteiger partial charge on any atom is 1.00 e. The van der Waals surface area contributed by atoms with E-state index in [4.69, 9.17) is 9.47 Å². The van der Waals surface area contributed by atoms with Gasteiger partial charge in [0.2, 0.25) is 0 Å². The van der Waals surface area contributed by atoms with Crippen molar-refractivity contribution in [3.05, 3.63) is 88.9 Å². The number of rotatable bonds is 11. The number of aromatic nitrogens is 1. The Morgan fingerprint density at radius 2 is 1.67 bits per heavy atom. The predicted molar refractivity (Wildman–Crippen MR) is 140 cm³/mol. The molecule has 12 heteroatoms. The first-order valence-electron chi connectivity index (χ1n) is 12.6. The van der Waals surface area contributed by atoms with Crippen molar-refractivity contribution in [1.82, 2.24) is 4.57 Å². The van der Waals surface area contributed by atoms with Gasteiger partial charge in [0, 0.05) is 29.3 Å². The van der Waals surface area contributed by atoms with E-state index in [0.717, 1.165) is 12.1 Å². The van der Waals surface area contributed by atoms with Crippen molar-refractivity contribution >= 4 is 22.7 Å². The summed E-state index contributed by atoms with van der Waals surface area (Å²) < 4.78 is 69.8. The van der Waals surface area contributed by atoms with Crippen molar-refractivity contribution in [3.63, 3.8) is 0 Å². The fraction of sp³-hybridized carbons (Fsp3) is 0.267. The largest absolute Gasteiger partial charge is 1.00 e. The summed E-state index contributed by atoms with van der Waals surface area (Å²) in [5.41, 5.74) is 1.76. The SMILES string of the molecule is CCCC(Oc1cc(Cn2c(C)c(C(=O)c3ccc(OC)cc3)c3ccc(OC(F)(F)F)cc32)ccc1F)C(=O)[O-].[Na+]. The molecule has 0 aliphatic carbocycles. The molecule has 0 fully saturated rings.